The van der Waals surface area contributed by atoms with E-state index >= 15 is 0 Å². The summed E-state index contributed by atoms with van der Waals surface area (Å²) in [6.45, 7) is 1.90. The molecule has 0 aromatic carbocycles. The lowest BCUT2D eigenvalue weighted by Gasteiger charge is -1.97. The van der Waals surface area contributed by atoms with Crippen LogP contribution in [0.1, 0.15) is 11.8 Å². The van der Waals surface area contributed by atoms with E-state index in [9.17, 15) is 4.79 Å². The molecule has 1 heterocycles. The zero-order valence-electron chi connectivity index (χ0n) is 6.21. The van der Waals surface area contributed by atoms with Gasteiger partial charge in [0.2, 0.25) is 0 Å². The second-order valence-electron chi connectivity index (χ2n) is 2.52. The normalized spacial score (nSPS) is 12.9. The molecule has 60 valence electrons. The van der Waals surface area contributed by atoms with E-state index in [4.69, 9.17) is 11.6 Å². The molecule has 0 fully saturated rings. The summed E-state index contributed by atoms with van der Waals surface area (Å²) in [6.07, 6.45) is 1.77. The van der Waals surface area contributed by atoms with E-state index in [0.717, 1.165) is 17.0 Å². The third kappa shape index (κ3) is 2.64. The first-order valence-electron chi connectivity index (χ1n) is 3.42. The second-order valence-corrected chi connectivity index (χ2v) is 4.32. The van der Waals surface area contributed by atoms with E-state index in [-0.39, 0.29) is 5.92 Å². The van der Waals surface area contributed by atoms with E-state index in [1.54, 1.807) is 0 Å². The number of rotatable bonds is 3. The molecule has 0 radical (unpaired) electrons. The number of carbonyl (C=O) groups excluding carboxylic acids is 1. The van der Waals surface area contributed by atoms with Crippen LogP contribution in [-0.2, 0) is 11.2 Å². The van der Waals surface area contributed by atoms with Crippen molar-refractivity contribution in [2.45, 2.75) is 13.3 Å². The predicted octanol–water partition coefficient (Wildman–Crippen LogP) is 2.78. The Morgan fingerprint density at radius 3 is 2.91 bits per heavy atom. The van der Waals surface area contributed by atoms with Crippen molar-refractivity contribution < 1.29 is 4.79 Å². The molecular weight excluding hydrogens is 180 g/mol. The monoisotopic (exact) mass is 188 g/mol. The molecule has 0 bridgehead atoms. The van der Waals surface area contributed by atoms with E-state index < -0.39 is 0 Å². The van der Waals surface area contributed by atoms with Crippen LogP contribution in [0.3, 0.4) is 0 Å². The van der Waals surface area contributed by atoms with Crippen molar-refractivity contribution in [1.29, 1.82) is 0 Å². The molecule has 0 aliphatic rings. The van der Waals surface area contributed by atoms with Crippen LogP contribution in [0.2, 0.25) is 4.34 Å². The second kappa shape index (κ2) is 3.88. The first-order valence-corrected chi connectivity index (χ1v) is 4.61. The Morgan fingerprint density at radius 1 is 1.73 bits per heavy atom. The van der Waals surface area contributed by atoms with Crippen LogP contribution < -0.4 is 0 Å². The molecule has 0 N–H and O–H groups in total. The lowest BCUT2D eigenvalue weighted by atomic mass is 10.1. The van der Waals surface area contributed by atoms with Crippen molar-refractivity contribution in [3.63, 3.8) is 0 Å². The minimum Gasteiger partial charge on any atom is -0.303 e. The molecule has 0 saturated heterocycles. The molecule has 0 aliphatic carbocycles. The molecule has 1 unspecified atom stereocenters. The fourth-order valence-electron chi connectivity index (χ4n) is 0.827. The average Bonchev–Trinajstić information content (AvgIpc) is 2.35. The smallest absolute Gasteiger partial charge is 0.123 e. The zero-order chi connectivity index (χ0) is 8.27. The Hall–Kier alpha value is -0.340. The Bertz CT molecular complexity index is 244. The Balaban J connectivity index is 2.57. The maximum atomic E-state index is 10.3. The van der Waals surface area contributed by atoms with Gasteiger partial charge in [-0.15, -0.1) is 11.3 Å². The van der Waals surface area contributed by atoms with Gasteiger partial charge in [0.15, 0.2) is 0 Å². The number of thiophene rings is 1. The minimum absolute atomic E-state index is 0.102. The Morgan fingerprint density at radius 2 is 2.45 bits per heavy atom. The van der Waals surface area contributed by atoms with Crippen LogP contribution in [0, 0.1) is 5.92 Å². The largest absolute Gasteiger partial charge is 0.303 e. The van der Waals surface area contributed by atoms with Crippen molar-refractivity contribution in [2.24, 2.45) is 5.92 Å². The lowest BCUT2D eigenvalue weighted by Crippen LogP contribution is -1.97. The van der Waals surface area contributed by atoms with E-state index in [2.05, 4.69) is 0 Å². The number of carbonyl (C=O) groups is 1. The molecule has 0 spiro atoms. The number of halogens is 1. The molecule has 11 heavy (non-hydrogen) atoms. The van der Waals surface area contributed by atoms with Gasteiger partial charge in [0.05, 0.1) is 4.34 Å². The van der Waals surface area contributed by atoms with Crippen LogP contribution >= 0.6 is 22.9 Å². The maximum Gasteiger partial charge on any atom is 0.123 e. The van der Waals surface area contributed by atoms with Gasteiger partial charge in [-0.1, -0.05) is 18.5 Å². The fraction of sp³-hybridized carbons (Fsp3) is 0.375. The predicted molar refractivity (Wildman–Crippen MR) is 48.3 cm³/mol. The summed E-state index contributed by atoms with van der Waals surface area (Å²) in [5.41, 5.74) is 0. The summed E-state index contributed by atoms with van der Waals surface area (Å²) in [7, 11) is 0. The Labute approximate surface area is 75.0 Å². The van der Waals surface area contributed by atoms with Gasteiger partial charge in [-0.3, -0.25) is 0 Å². The average molecular weight is 189 g/mol. The van der Waals surface area contributed by atoms with Crippen molar-refractivity contribution >= 4 is 29.2 Å². The molecule has 1 aromatic heterocycles. The van der Waals surface area contributed by atoms with Crippen LogP contribution in [0.5, 0.6) is 0 Å². The molecule has 1 nitrogen and oxygen atoms in total. The van der Waals surface area contributed by atoms with Gasteiger partial charge < -0.3 is 4.79 Å². The van der Waals surface area contributed by atoms with Crippen molar-refractivity contribution in [3.8, 4) is 0 Å². The topological polar surface area (TPSA) is 17.1 Å². The highest BCUT2D eigenvalue weighted by atomic mass is 35.5. The first-order chi connectivity index (χ1) is 5.22. The number of hydrogen-bond donors (Lipinski definition) is 0. The summed E-state index contributed by atoms with van der Waals surface area (Å²) in [5, 5.41) is 0. The summed E-state index contributed by atoms with van der Waals surface area (Å²) in [5.74, 6) is 0.102. The molecule has 3 heteroatoms. The summed E-state index contributed by atoms with van der Waals surface area (Å²) in [6, 6.07) is 3.83. The maximum absolute atomic E-state index is 10.3. The van der Waals surface area contributed by atoms with E-state index in [0.29, 0.717) is 0 Å². The van der Waals surface area contributed by atoms with Gasteiger partial charge in [-0.05, 0) is 18.6 Å². The molecule has 0 aliphatic heterocycles. The quantitative estimate of drug-likeness (QED) is 0.667. The van der Waals surface area contributed by atoms with Crippen LogP contribution in [0.25, 0.3) is 0 Å². The highest BCUT2D eigenvalue weighted by Crippen LogP contribution is 2.23. The van der Waals surface area contributed by atoms with Gasteiger partial charge in [-0.25, -0.2) is 0 Å². The summed E-state index contributed by atoms with van der Waals surface area (Å²) < 4.78 is 0.790. The van der Waals surface area contributed by atoms with E-state index in [1.807, 2.05) is 19.1 Å². The van der Waals surface area contributed by atoms with Gasteiger partial charge in [0.25, 0.3) is 0 Å². The standard InChI is InChI=1S/C8H9ClOS/c1-6(5-10)4-7-2-3-8(9)11-7/h2-3,5-6H,4H2,1H3. The number of hydrogen-bond acceptors (Lipinski definition) is 2. The third-order valence-corrected chi connectivity index (χ3v) is 2.64. The molecule has 1 rings (SSSR count). The summed E-state index contributed by atoms with van der Waals surface area (Å²) >= 11 is 7.26. The van der Waals surface area contributed by atoms with E-state index in [1.165, 1.54) is 16.2 Å². The van der Waals surface area contributed by atoms with Crippen molar-refractivity contribution in [3.05, 3.63) is 21.3 Å². The SMILES string of the molecule is CC(C=O)Cc1ccc(Cl)s1. The van der Waals surface area contributed by atoms with Gasteiger partial charge in [0, 0.05) is 10.8 Å². The zero-order valence-corrected chi connectivity index (χ0v) is 7.78. The Kier molecular flexibility index (Phi) is 3.09. The molecular formula is C8H9ClOS. The highest BCUT2D eigenvalue weighted by molar-refractivity contribution is 7.16. The van der Waals surface area contributed by atoms with Gasteiger partial charge in [-0.2, -0.15) is 0 Å². The van der Waals surface area contributed by atoms with Crippen molar-refractivity contribution in [2.75, 3.05) is 0 Å². The molecule has 1 atom stereocenters. The van der Waals surface area contributed by atoms with Crippen LogP contribution in [0.15, 0.2) is 12.1 Å². The summed E-state index contributed by atoms with van der Waals surface area (Å²) in [4.78, 5) is 11.5. The van der Waals surface area contributed by atoms with Crippen molar-refractivity contribution in [1.82, 2.24) is 0 Å². The molecule has 1 aromatic rings. The fourth-order valence-corrected chi connectivity index (χ4v) is 2.06. The first kappa shape index (κ1) is 8.75. The molecule has 0 saturated carbocycles. The minimum atomic E-state index is 0.102. The highest BCUT2D eigenvalue weighted by Gasteiger charge is 2.03. The van der Waals surface area contributed by atoms with Crippen LogP contribution in [0.4, 0.5) is 0 Å². The third-order valence-electron chi connectivity index (χ3n) is 1.38. The molecule has 0 amide bonds. The van der Waals surface area contributed by atoms with Crippen LogP contribution in [-0.4, -0.2) is 6.29 Å². The lowest BCUT2D eigenvalue weighted by molar-refractivity contribution is -0.110. The van der Waals surface area contributed by atoms with Gasteiger partial charge in [0.1, 0.15) is 6.29 Å². The number of aldehydes is 1. The van der Waals surface area contributed by atoms with Gasteiger partial charge >= 0.3 is 0 Å².